The summed E-state index contributed by atoms with van der Waals surface area (Å²) >= 11 is 0. The molecule has 0 unspecified atom stereocenters. The number of nitrogens with zero attached hydrogens (tertiary/aromatic N) is 5. The molecule has 5 nitrogen and oxygen atoms in total. The Morgan fingerprint density at radius 3 is 1.96 bits per heavy atom. The zero-order valence-corrected chi connectivity index (χ0v) is 27.9. The first-order valence-electron chi connectivity index (χ1n) is 17.7. The normalized spacial score (nSPS) is 12.2. The minimum absolute atomic E-state index is 0.637. The summed E-state index contributed by atoms with van der Waals surface area (Å²) in [5, 5.41) is 7.46. The van der Waals surface area contributed by atoms with Crippen molar-refractivity contribution in [3.8, 4) is 45.3 Å². The van der Waals surface area contributed by atoms with E-state index >= 15 is 0 Å². The van der Waals surface area contributed by atoms with Crippen LogP contribution < -0.4 is 4.40 Å². The molecule has 0 radical (unpaired) electrons. The Kier molecular flexibility index (Phi) is 5.44. The molecule has 0 aliphatic heterocycles. The second kappa shape index (κ2) is 10.2. The third kappa shape index (κ3) is 3.59. The monoisotopic (exact) mass is 662 g/mol. The summed E-state index contributed by atoms with van der Waals surface area (Å²) in [6.45, 7) is 0. The van der Waals surface area contributed by atoms with Crippen LogP contribution in [0.2, 0.25) is 0 Å². The summed E-state index contributed by atoms with van der Waals surface area (Å²) in [5.74, 6) is 1.48. The largest absolute Gasteiger partial charge is 0.387 e. The van der Waals surface area contributed by atoms with Gasteiger partial charge >= 0.3 is 5.95 Å². The van der Waals surface area contributed by atoms with Gasteiger partial charge in [0.05, 0.1) is 33.8 Å². The van der Waals surface area contributed by atoms with Crippen molar-refractivity contribution >= 4 is 60.0 Å². The molecule has 12 rings (SSSR count). The molecule has 4 aromatic heterocycles. The van der Waals surface area contributed by atoms with Crippen molar-refractivity contribution in [2.45, 2.75) is 0 Å². The third-order valence-electron chi connectivity index (χ3n) is 10.9. The van der Waals surface area contributed by atoms with Crippen molar-refractivity contribution in [3.05, 3.63) is 170 Å². The Labute approximate surface area is 297 Å². The molecular formula is C47H28N5+. The van der Waals surface area contributed by atoms with E-state index in [0.717, 1.165) is 39.3 Å². The van der Waals surface area contributed by atoms with Gasteiger partial charge in [-0.05, 0) is 86.0 Å². The van der Waals surface area contributed by atoms with E-state index < -0.39 is 0 Å². The lowest BCUT2D eigenvalue weighted by atomic mass is 9.91. The number of para-hydroxylation sites is 2. The summed E-state index contributed by atoms with van der Waals surface area (Å²) in [5.41, 5.74) is 12.5. The molecule has 0 fully saturated rings. The van der Waals surface area contributed by atoms with Crippen molar-refractivity contribution in [2.75, 3.05) is 0 Å². The van der Waals surface area contributed by atoms with Crippen molar-refractivity contribution in [2.24, 2.45) is 0 Å². The van der Waals surface area contributed by atoms with Crippen molar-refractivity contribution in [3.63, 3.8) is 0 Å². The predicted octanol–water partition coefficient (Wildman–Crippen LogP) is 10.9. The van der Waals surface area contributed by atoms with Gasteiger partial charge in [-0.25, -0.2) is 4.57 Å². The Balaban J connectivity index is 1.34. The molecule has 52 heavy (non-hydrogen) atoms. The van der Waals surface area contributed by atoms with Crippen molar-refractivity contribution in [1.82, 2.24) is 19.1 Å². The Bertz CT molecular complexity index is 3280. The van der Waals surface area contributed by atoms with Crippen LogP contribution >= 0.6 is 0 Å². The fraction of sp³-hybridized carbons (Fsp3) is 0. The minimum atomic E-state index is 0.637. The van der Waals surface area contributed by atoms with Gasteiger partial charge in [0.2, 0.25) is 0 Å². The second-order valence-electron chi connectivity index (χ2n) is 13.6. The summed E-state index contributed by atoms with van der Waals surface area (Å²) in [6.07, 6.45) is 2.04. The molecule has 0 bridgehead atoms. The Hall–Kier alpha value is -7.11. The van der Waals surface area contributed by atoms with Crippen LogP contribution in [0.1, 0.15) is 0 Å². The number of hydrogen-bond donors (Lipinski definition) is 0. The fourth-order valence-corrected chi connectivity index (χ4v) is 8.87. The molecule has 1 aliphatic carbocycles. The SMILES string of the molecule is c1ccc(-c2nc(-n3c4ccccc4c4c5c6c7c(cccc7n(-c7ccccc7)c6cc43)-c3cccc4cccc-5c34)nc3cccc[n+]23)cc1. The molecule has 0 saturated carbocycles. The van der Waals surface area contributed by atoms with Gasteiger partial charge in [-0.3, -0.25) is 0 Å². The first-order chi connectivity index (χ1) is 25.8. The van der Waals surface area contributed by atoms with Crippen LogP contribution in [0, 0.1) is 0 Å². The van der Waals surface area contributed by atoms with Gasteiger partial charge in [0, 0.05) is 38.9 Å². The topological polar surface area (TPSA) is 39.7 Å². The second-order valence-corrected chi connectivity index (χ2v) is 13.6. The van der Waals surface area contributed by atoms with Gasteiger partial charge in [-0.2, -0.15) is 4.40 Å². The maximum absolute atomic E-state index is 5.39. The van der Waals surface area contributed by atoms with E-state index in [9.17, 15) is 0 Å². The Morgan fingerprint density at radius 1 is 0.442 bits per heavy atom. The smallest absolute Gasteiger partial charge is 0.309 e. The number of benzene rings is 7. The lowest BCUT2D eigenvalue weighted by Gasteiger charge is -2.14. The Morgan fingerprint density at radius 2 is 1.12 bits per heavy atom. The maximum atomic E-state index is 5.39. The van der Waals surface area contributed by atoms with Gasteiger partial charge in [0.1, 0.15) is 0 Å². The summed E-state index contributed by atoms with van der Waals surface area (Å²) in [6, 6.07) is 58.7. The lowest BCUT2D eigenvalue weighted by Crippen LogP contribution is -2.28. The van der Waals surface area contributed by atoms with Crippen molar-refractivity contribution in [1.29, 1.82) is 0 Å². The highest BCUT2D eigenvalue weighted by Crippen LogP contribution is 2.53. The molecule has 5 heteroatoms. The number of aromatic nitrogens is 5. The van der Waals surface area contributed by atoms with Gasteiger partial charge in [-0.1, -0.05) is 109 Å². The van der Waals surface area contributed by atoms with E-state index in [1.807, 2.05) is 24.4 Å². The highest BCUT2D eigenvalue weighted by molar-refractivity contribution is 6.34. The molecule has 7 aromatic carbocycles. The van der Waals surface area contributed by atoms with E-state index in [0.29, 0.717) is 5.95 Å². The molecule has 0 saturated heterocycles. The zero-order chi connectivity index (χ0) is 33.9. The molecule has 0 amide bonds. The third-order valence-corrected chi connectivity index (χ3v) is 10.9. The van der Waals surface area contributed by atoms with Crippen LogP contribution in [0.3, 0.4) is 0 Å². The van der Waals surface area contributed by atoms with E-state index in [2.05, 4.69) is 159 Å². The first kappa shape index (κ1) is 27.7. The van der Waals surface area contributed by atoms with Gasteiger partial charge in [-0.15, -0.1) is 0 Å². The number of rotatable bonds is 3. The maximum Gasteiger partial charge on any atom is 0.387 e. The molecule has 4 heterocycles. The minimum Gasteiger partial charge on any atom is -0.309 e. The van der Waals surface area contributed by atoms with Gasteiger partial charge in [0.25, 0.3) is 11.5 Å². The average Bonchev–Trinajstić information content (AvgIpc) is 3.68. The first-order valence-corrected chi connectivity index (χ1v) is 17.7. The van der Waals surface area contributed by atoms with Gasteiger partial charge in [0.15, 0.2) is 0 Å². The summed E-state index contributed by atoms with van der Waals surface area (Å²) in [4.78, 5) is 10.7. The molecule has 0 atom stereocenters. The quantitative estimate of drug-likeness (QED) is 0.177. The molecule has 240 valence electrons. The van der Waals surface area contributed by atoms with E-state index in [1.165, 1.54) is 60.1 Å². The van der Waals surface area contributed by atoms with Crippen LogP contribution in [0.4, 0.5) is 0 Å². The number of hydrogen-bond acceptors (Lipinski definition) is 2. The van der Waals surface area contributed by atoms with Gasteiger partial charge < -0.3 is 4.57 Å². The van der Waals surface area contributed by atoms with Crippen molar-refractivity contribution < 1.29 is 4.40 Å². The van der Waals surface area contributed by atoms with E-state index in [1.54, 1.807) is 0 Å². The molecule has 0 spiro atoms. The zero-order valence-electron chi connectivity index (χ0n) is 27.9. The molecule has 11 aromatic rings. The van der Waals surface area contributed by atoms with Crippen LogP contribution in [-0.4, -0.2) is 19.1 Å². The molecule has 0 N–H and O–H groups in total. The lowest BCUT2D eigenvalue weighted by molar-refractivity contribution is -0.505. The number of fused-ring (bicyclic) bond motifs is 7. The van der Waals surface area contributed by atoms with E-state index in [4.69, 9.17) is 9.97 Å². The fourth-order valence-electron chi connectivity index (χ4n) is 8.87. The highest BCUT2D eigenvalue weighted by Gasteiger charge is 2.31. The average molecular weight is 663 g/mol. The summed E-state index contributed by atoms with van der Waals surface area (Å²) in [7, 11) is 0. The number of pyridine rings is 1. The van der Waals surface area contributed by atoms with Crippen LogP contribution in [0.25, 0.3) is 105 Å². The van der Waals surface area contributed by atoms with Crippen LogP contribution in [-0.2, 0) is 0 Å². The highest BCUT2D eigenvalue weighted by atomic mass is 15.2. The predicted molar refractivity (Wildman–Crippen MR) is 211 cm³/mol. The summed E-state index contributed by atoms with van der Waals surface area (Å²) < 4.78 is 6.80. The van der Waals surface area contributed by atoms with Crippen LogP contribution in [0.5, 0.6) is 0 Å². The van der Waals surface area contributed by atoms with Crippen LogP contribution in [0.15, 0.2) is 170 Å². The standard InChI is InChI=1S/C47H28N5/c1-3-14-30(15-4-1)46-49-47(48-40-26-9-10-27-50(40)46)52-36-24-8-7-20-34(36)43-38(52)28-39-45-42-33(22-13-25-37(42)51(39)31-18-5-2-6-19-31)32-21-11-16-29-17-12-23-35(41(29)32)44(43)45/h1-28H/q+1. The molecule has 1 aliphatic rings. The van der Waals surface area contributed by atoms with E-state index in [-0.39, 0.29) is 0 Å². The molecular weight excluding hydrogens is 635 g/mol.